The zero-order valence-electron chi connectivity index (χ0n) is 10.1. The molecule has 4 heteroatoms. The van der Waals surface area contributed by atoms with Gasteiger partial charge in [-0.15, -0.1) is 0 Å². The van der Waals surface area contributed by atoms with Gasteiger partial charge in [-0.2, -0.15) is 0 Å². The largest absolute Gasteiger partial charge is 0.265 e. The van der Waals surface area contributed by atoms with Crippen LogP contribution in [0.5, 0.6) is 0 Å². The molecule has 2 rings (SSSR count). The van der Waals surface area contributed by atoms with Crippen molar-refractivity contribution in [3.8, 4) is 0 Å². The summed E-state index contributed by atoms with van der Waals surface area (Å²) in [7, 11) is 1.04. The molecule has 0 fully saturated rings. The summed E-state index contributed by atoms with van der Waals surface area (Å²) in [6, 6.07) is 8.35. The van der Waals surface area contributed by atoms with Crippen molar-refractivity contribution in [2.24, 2.45) is 0 Å². The van der Waals surface area contributed by atoms with Crippen LogP contribution < -0.4 is 0 Å². The molecule has 0 aliphatic rings. The molecule has 1 atom stereocenters. The Labute approximate surface area is 114 Å². The minimum absolute atomic E-state index is 0.528. The van der Waals surface area contributed by atoms with Crippen molar-refractivity contribution in [2.45, 2.75) is 18.8 Å². The average Bonchev–Trinajstić information content (AvgIpc) is 2.45. The lowest BCUT2D eigenvalue weighted by Gasteiger charge is -2.14. The van der Waals surface area contributed by atoms with Crippen molar-refractivity contribution in [3.05, 3.63) is 60.2 Å². The lowest BCUT2D eigenvalue weighted by Crippen LogP contribution is -2.03. The molecule has 0 bridgehead atoms. The maximum atomic E-state index is 5.11. The standard InChI is InChI=1S/C14H15N2PS/c18-17-11-14(13-5-9-16-10-6-13)2-1-12-3-7-15-8-4-12/h3-10,14H,1-2,11H2. The van der Waals surface area contributed by atoms with E-state index in [4.69, 9.17) is 11.8 Å². The summed E-state index contributed by atoms with van der Waals surface area (Å²) in [6.45, 7) is 0. The highest BCUT2D eigenvalue weighted by Gasteiger charge is 2.10. The highest BCUT2D eigenvalue weighted by atomic mass is 32.4. The van der Waals surface area contributed by atoms with Crippen LogP contribution in [0.4, 0.5) is 0 Å². The molecule has 0 amide bonds. The van der Waals surface area contributed by atoms with Gasteiger partial charge in [0.15, 0.2) is 0 Å². The van der Waals surface area contributed by atoms with Gasteiger partial charge in [-0.25, -0.2) is 0 Å². The second-order valence-corrected chi connectivity index (χ2v) is 5.58. The van der Waals surface area contributed by atoms with E-state index in [1.807, 2.05) is 24.8 Å². The van der Waals surface area contributed by atoms with E-state index in [0.717, 1.165) is 26.4 Å². The van der Waals surface area contributed by atoms with E-state index in [2.05, 4.69) is 34.2 Å². The van der Waals surface area contributed by atoms with E-state index in [0.29, 0.717) is 5.92 Å². The molecule has 0 radical (unpaired) electrons. The Hall–Kier alpha value is -1.18. The number of hydrogen-bond donors (Lipinski definition) is 0. The van der Waals surface area contributed by atoms with Crippen molar-refractivity contribution in [1.29, 1.82) is 0 Å². The van der Waals surface area contributed by atoms with Gasteiger partial charge in [-0.05, 0) is 61.5 Å². The second-order valence-electron chi connectivity index (χ2n) is 4.18. The van der Waals surface area contributed by atoms with Crippen molar-refractivity contribution in [3.63, 3.8) is 0 Å². The normalized spacial score (nSPS) is 12.4. The average molecular weight is 274 g/mol. The second kappa shape index (κ2) is 7.30. The fourth-order valence-corrected chi connectivity index (χ4v) is 3.09. The van der Waals surface area contributed by atoms with Gasteiger partial charge in [0.2, 0.25) is 0 Å². The third-order valence-electron chi connectivity index (χ3n) is 3.00. The van der Waals surface area contributed by atoms with Gasteiger partial charge in [0.25, 0.3) is 0 Å². The Kier molecular flexibility index (Phi) is 5.37. The van der Waals surface area contributed by atoms with Crippen molar-refractivity contribution >= 4 is 19.2 Å². The summed E-state index contributed by atoms with van der Waals surface area (Å²) >= 11 is 5.11. The van der Waals surface area contributed by atoms with Gasteiger partial charge >= 0.3 is 0 Å². The van der Waals surface area contributed by atoms with Crippen LogP contribution in [0.1, 0.15) is 23.5 Å². The summed E-state index contributed by atoms with van der Waals surface area (Å²) in [6.07, 6.45) is 10.6. The lowest BCUT2D eigenvalue weighted by atomic mass is 9.95. The number of rotatable bonds is 6. The molecule has 2 nitrogen and oxygen atoms in total. The van der Waals surface area contributed by atoms with E-state index < -0.39 is 0 Å². The predicted molar refractivity (Wildman–Crippen MR) is 78.7 cm³/mol. The third kappa shape index (κ3) is 3.94. The van der Waals surface area contributed by atoms with E-state index in [1.165, 1.54) is 11.1 Å². The first kappa shape index (κ1) is 13.3. The number of pyridine rings is 2. The fourth-order valence-electron chi connectivity index (χ4n) is 1.98. The first-order valence-electron chi connectivity index (χ1n) is 5.98. The summed E-state index contributed by atoms with van der Waals surface area (Å²) in [5.74, 6) is 0.528. The molecular formula is C14H15N2PS. The van der Waals surface area contributed by atoms with Gasteiger partial charge in [0, 0.05) is 30.9 Å². The Balaban J connectivity index is 2.01. The molecule has 0 N–H and O–H groups in total. The molecule has 0 aliphatic carbocycles. The maximum absolute atomic E-state index is 5.11. The molecule has 2 heterocycles. The lowest BCUT2D eigenvalue weighted by molar-refractivity contribution is 0.686. The zero-order chi connectivity index (χ0) is 12.6. The van der Waals surface area contributed by atoms with E-state index in [1.54, 1.807) is 0 Å². The summed E-state index contributed by atoms with van der Waals surface area (Å²) < 4.78 is 0. The van der Waals surface area contributed by atoms with E-state index in [-0.39, 0.29) is 0 Å². The highest BCUT2D eigenvalue weighted by Crippen LogP contribution is 2.24. The number of aromatic nitrogens is 2. The minimum atomic E-state index is 0.528. The van der Waals surface area contributed by atoms with Crippen LogP contribution in [0.2, 0.25) is 0 Å². The van der Waals surface area contributed by atoms with Crippen molar-refractivity contribution in [1.82, 2.24) is 9.97 Å². The highest BCUT2D eigenvalue weighted by molar-refractivity contribution is 7.96. The van der Waals surface area contributed by atoms with Crippen molar-refractivity contribution in [2.75, 3.05) is 6.16 Å². The van der Waals surface area contributed by atoms with Crippen LogP contribution in [-0.2, 0) is 18.2 Å². The first-order chi connectivity index (χ1) is 8.90. The SMILES string of the molecule is S=PCC(CCc1ccncc1)c1ccncc1. The smallest absolute Gasteiger partial charge is 0.0270 e. The number of nitrogens with zero attached hydrogens (tertiary/aromatic N) is 2. The van der Waals surface area contributed by atoms with Gasteiger partial charge < -0.3 is 0 Å². The van der Waals surface area contributed by atoms with Crippen LogP contribution in [0, 0.1) is 0 Å². The Morgan fingerprint density at radius 1 is 1.00 bits per heavy atom. The summed E-state index contributed by atoms with van der Waals surface area (Å²) in [5, 5.41) is 0. The molecule has 0 aromatic carbocycles. The van der Waals surface area contributed by atoms with Gasteiger partial charge in [0.1, 0.15) is 0 Å². The molecule has 92 valence electrons. The molecule has 0 spiro atoms. The zero-order valence-corrected chi connectivity index (χ0v) is 11.8. The van der Waals surface area contributed by atoms with Crippen LogP contribution >= 0.6 is 7.36 Å². The van der Waals surface area contributed by atoms with Gasteiger partial charge in [0.05, 0.1) is 0 Å². The molecule has 2 aromatic rings. The molecular weight excluding hydrogens is 259 g/mol. The monoisotopic (exact) mass is 274 g/mol. The quantitative estimate of drug-likeness (QED) is 0.753. The van der Waals surface area contributed by atoms with E-state index in [9.17, 15) is 0 Å². The predicted octanol–water partition coefficient (Wildman–Crippen LogP) is 3.60. The molecule has 0 saturated carbocycles. The molecule has 2 aromatic heterocycles. The van der Waals surface area contributed by atoms with E-state index >= 15 is 0 Å². The number of hydrogen-bond acceptors (Lipinski definition) is 3. The summed E-state index contributed by atoms with van der Waals surface area (Å²) in [4.78, 5) is 8.11. The van der Waals surface area contributed by atoms with Crippen LogP contribution in [0.3, 0.4) is 0 Å². The Morgan fingerprint density at radius 3 is 2.22 bits per heavy atom. The van der Waals surface area contributed by atoms with Gasteiger partial charge in [-0.1, -0.05) is 11.8 Å². The molecule has 1 unspecified atom stereocenters. The van der Waals surface area contributed by atoms with Crippen LogP contribution in [0.25, 0.3) is 0 Å². The topological polar surface area (TPSA) is 25.8 Å². The Morgan fingerprint density at radius 2 is 1.61 bits per heavy atom. The molecule has 18 heavy (non-hydrogen) atoms. The molecule has 0 aliphatic heterocycles. The summed E-state index contributed by atoms with van der Waals surface area (Å²) in [5.41, 5.74) is 2.68. The van der Waals surface area contributed by atoms with Crippen LogP contribution in [-0.4, -0.2) is 16.1 Å². The van der Waals surface area contributed by atoms with Crippen molar-refractivity contribution < 1.29 is 0 Å². The number of aryl methyl sites for hydroxylation is 1. The third-order valence-corrected chi connectivity index (χ3v) is 4.04. The fraction of sp³-hybridized carbons (Fsp3) is 0.286. The first-order valence-corrected chi connectivity index (χ1v) is 8.07. The minimum Gasteiger partial charge on any atom is -0.265 e. The maximum Gasteiger partial charge on any atom is 0.0270 e. The van der Waals surface area contributed by atoms with Crippen LogP contribution in [0.15, 0.2) is 49.1 Å². The Bertz CT molecular complexity index is 476. The molecule has 0 saturated heterocycles. The van der Waals surface area contributed by atoms with Gasteiger partial charge in [-0.3, -0.25) is 9.97 Å².